The maximum atomic E-state index is 5.73. The van der Waals surface area contributed by atoms with Crippen LogP contribution in [0.4, 0.5) is 5.82 Å². The van der Waals surface area contributed by atoms with E-state index in [-0.39, 0.29) is 0 Å². The van der Waals surface area contributed by atoms with E-state index in [9.17, 15) is 0 Å². The smallest absolute Gasteiger partial charge is 0.123 e. The average molecular weight is 260 g/mol. The molecule has 2 aliphatic rings. The highest BCUT2D eigenvalue weighted by Crippen LogP contribution is 2.21. The molecule has 0 unspecified atom stereocenters. The largest absolute Gasteiger partial charge is 0.384 e. The minimum atomic E-state index is 0.629. The molecule has 0 bridgehead atoms. The number of nitrogens with two attached hydrogens (primary N) is 1. The van der Waals surface area contributed by atoms with Gasteiger partial charge in [-0.25, -0.2) is 4.98 Å². The molecular formula is C15H24N4. The molecule has 2 fully saturated rings. The predicted octanol–water partition coefficient (Wildman–Crippen LogP) is 1.72. The fraction of sp³-hybridized carbons (Fsp3) is 0.667. The summed E-state index contributed by atoms with van der Waals surface area (Å²) in [5, 5.41) is 0. The number of rotatable bonds is 3. The number of piperidine rings is 1. The van der Waals surface area contributed by atoms with Gasteiger partial charge in [-0.15, -0.1) is 0 Å². The Morgan fingerprint density at radius 3 is 2.53 bits per heavy atom. The number of hydrogen-bond acceptors (Lipinski definition) is 4. The molecule has 1 aromatic rings. The lowest BCUT2D eigenvalue weighted by atomic mass is 10.0. The van der Waals surface area contributed by atoms with Crippen molar-refractivity contribution in [1.29, 1.82) is 0 Å². The van der Waals surface area contributed by atoms with Gasteiger partial charge in [-0.1, -0.05) is 6.07 Å². The summed E-state index contributed by atoms with van der Waals surface area (Å²) in [5.74, 6) is 0.629. The van der Waals surface area contributed by atoms with Gasteiger partial charge in [0.05, 0.1) is 5.69 Å². The Bertz CT molecular complexity index is 406. The summed E-state index contributed by atoms with van der Waals surface area (Å²) in [6.07, 6.45) is 5.41. The average Bonchev–Trinajstić information content (AvgIpc) is 2.94. The van der Waals surface area contributed by atoms with Gasteiger partial charge in [-0.3, -0.25) is 4.90 Å². The quantitative estimate of drug-likeness (QED) is 0.899. The molecule has 2 aliphatic heterocycles. The van der Waals surface area contributed by atoms with E-state index in [1.165, 1.54) is 51.9 Å². The van der Waals surface area contributed by atoms with E-state index in [0.29, 0.717) is 5.82 Å². The molecule has 4 heteroatoms. The Labute approximate surface area is 115 Å². The normalized spacial score (nSPS) is 22.9. The molecule has 2 saturated heterocycles. The van der Waals surface area contributed by atoms with E-state index in [2.05, 4.69) is 20.9 Å². The van der Waals surface area contributed by atoms with E-state index >= 15 is 0 Å². The molecule has 4 nitrogen and oxygen atoms in total. The van der Waals surface area contributed by atoms with Crippen LogP contribution in [0.25, 0.3) is 0 Å². The van der Waals surface area contributed by atoms with Gasteiger partial charge in [0, 0.05) is 25.7 Å². The van der Waals surface area contributed by atoms with Crippen LogP contribution in [-0.4, -0.2) is 47.0 Å². The highest BCUT2D eigenvalue weighted by Gasteiger charge is 2.26. The van der Waals surface area contributed by atoms with Crippen LogP contribution in [-0.2, 0) is 6.54 Å². The van der Waals surface area contributed by atoms with Crippen molar-refractivity contribution in [2.45, 2.75) is 38.3 Å². The summed E-state index contributed by atoms with van der Waals surface area (Å²) >= 11 is 0. The topological polar surface area (TPSA) is 45.4 Å². The predicted molar refractivity (Wildman–Crippen MR) is 77.8 cm³/mol. The second-order valence-electron chi connectivity index (χ2n) is 5.80. The fourth-order valence-electron chi connectivity index (χ4n) is 3.36. The molecular weight excluding hydrogens is 236 g/mol. The summed E-state index contributed by atoms with van der Waals surface area (Å²) in [4.78, 5) is 9.59. The number of aromatic nitrogens is 1. The standard InChI is InChI=1S/C15H24N4/c16-15-5-3-4-13(17-15)12-18-10-6-14(7-11-18)19-8-1-2-9-19/h3-5,14H,1-2,6-12H2,(H2,16,17). The van der Waals surface area contributed by atoms with Crippen LogP contribution in [0.2, 0.25) is 0 Å². The zero-order valence-electron chi connectivity index (χ0n) is 11.6. The molecule has 0 aromatic carbocycles. The van der Waals surface area contributed by atoms with Gasteiger partial charge in [-0.05, 0) is 50.9 Å². The van der Waals surface area contributed by atoms with Gasteiger partial charge in [0.1, 0.15) is 5.82 Å². The lowest BCUT2D eigenvalue weighted by Crippen LogP contribution is -2.43. The maximum Gasteiger partial charge on any atom is 0.123 e. The van der Waals surface area contributed by atoms with Crippen molar-refractivity contribution in [1.82, 2.24) is 14.8 Å². The molecule has 0 aliphatic carbocycles. The number of nitrogen functional groups attached to an aromatic ring is 1. The number of pyridine rings is 1. The van der Waals surface area contributed by atoms with E-state index in [1.54, 1.807) is 0 Å². The van der Waals surface area contributed by atoms with Crippen LogP contribution in [0.1, 0.15) is 31.4 Å². The van der Waals surface area contributed by atoms with Crippen LogP contribution in [0, 0.1) is 0 Å². The third-order valence-corrected chi connectivity index (χ3v) is 4.43. The Kier molecular flexibility index (Phi) is 3.99. The summed E-state index contributed by atoms with van der Waals surface area (Å²) in [6, 6.07) is 6.74. The van der Waals surface area contributed by atoms with Crippen LogP contribution in [0.5, 0.6) is 0 Å². The van der Waals surface area contributed by atoms with Crippen molar-refractivity contribution in [2.75, 3.05) is 31.9 Å². The number of nitrogens with zero attached hydrogens (tertiary/aromatic N) is 3. The second-order valence-corrected chi connectivity index (χ2v) is 5.80. The van der Waals surface area contributed by atoms with Crippen molar-refractivity contribution in [3.05, 3.63) is 23.9 Å². The highest BCUT2D eigenvalue weighted by molar-refractivity contribution is 5.28. The lowest BCUT2D eigenvalue weighted by molar-refractivity contribution is 0.122. The zero-order chi connectivity index (χ0) is 13.1. The SMILES string of the molecule is Nc1cccc(CN2CCC(N3CCCC3)CC2)n1. The molecule has 0 spiro atoms. The van der Waals surface area contributed by atoms with Crippen molar-refractivity contribution in [3.8, 4) is 0 Å². The molecule has 3 rings (SSSR count). The summed E-state index contributed by atoms with van der Waals surface area (Å²) in [5.41, 5.74) is 6.83. The first-order valence-electron chi connectivity index (χ1n) is 7.49. The summed E-state index contributed by atoms with van der Waals surface area (Å²) < 4.78 is 0. The Balaban J connectivity index is 1.50. The van der Waals surface area contributed by atoms with E-state index < -0.39 is 0 Å². The first-order valence-corrected chi connectivity index (χ1v) is 7.49. The molecule has 0 radical (unpaired) electrons. The van der Waals surface area contributed by atoms with Gasteiger partial charge >= 0.3 is 0 Å². The Morgan fingerprint density at radius 1 is 1.11 bits per heavy atom. The third kappa shape index (κ3) is 3.25. The van der Waals surface area contributed by atoms with Gasteiger partial charge < -0.3 is 10.6 Å². The summed E-state index contributed by atoms with van der Waals surface area (Å²) in [7, 11) is 0. The second kappa shape index (κ2) is 5.88. The molecule has 3 heterocycles. The molecule has 2 N–H and O–H groups in total. The first kappa shape index (κ1) is 12.9. The molecule has 19 heavy (non-hydrogen) atoms. The number of anilines is 1. The summed E-state index contributed by atoms with van der Waals surface area (Å²) in [6.45, 7) is 5.97. The van der Waals surface area contributed by atoms with Crippen LogP contribution >= 0.6 is 0 Å². The van der Waals surface area contributed by atoms with Crippen molar-refractivity contribution in [3.63, 3.8) is 0 Å². The van der Waals surface area contributed by atoms with E-state index in [1.807, 2.05) is 12.1 Å². The molecule has 0 saturated carbocycles. The molecule has 0 amide bonds. The third-order valence-electron chi connectivity index (χ3n) is 4.43. The van der Waals surface area contributed by atoms with Crippen LogP contribution < -0.4 is 5.73 Å². The number of hydrogen-bond donors (Lipinski definition) is 1. The monoisotopic (exact) mass is 260 g/mol. The number of likely N-dealkylation sites (tertiary alicyclic amines) is 2. The highest BCUT2D eigenvalue weighted by atomic mass is 15.2. The van der Waals surface area contributed by atoms with Gasteiger partial charge in [0.2, 0.25) is 0 Å². The van der Waals surface area contributed by atoms with E-state index in [4.69, 9.17) is 5.73 Å². The van der Waals surface area contributed by atoms with Crippen LogP contribution in [0.3, 0.4) is 0 Å². The Morgan fingerprint density at radius 2 is 1.84 bits per heavy atom. The molecule has 104 valence electrons. The maximum absolute atomic E-state index is 5.73. The fourth-order valence-corrected chi connectivity index (χ4v) is 3.36. The minimum Gasteiger partial charge on any atom is -0.384 e. The zero-order valence-corrected chi connectivity index (χ0v) is 11.6. The molecule has 0 atom stereocenters. The van der Waals surface area contributed by atoms with Gasteiger partial charge in [0.25, 0.3) is 0 Å². The lowest BCUT2D eigenvalue weighted by Gasteiger charge is -2.36. The first-order chi connectivity index (χ1) is 9.31. The minimum absolute atomic E-state index is 0.629. The van der Waals surface area contributed by atoms with E-state index in [0.717, 1.165) is 18.3 Å². The van der Waals surface area contributed by atoms with Gasteiger partial charge in [-0.2, -0.15) is 0 Å². The van der Waals surface area contributed by atoms with Crippen LogP contribution in [0.15, 0.2) is 18.2 Å². The van der Waals surface area contributed by atoms with Crippen molar-refractivity contribution in [2.24, 2.45) is 0 Å². The van der Waals surface area contributed by atoms with Crippen molar-refractivity contribution < 1.29 is 0 Å². The Hall–Kier alpha value is -1.13. The van der Waals surface area contributed by atoms with Gasteiger partial charge in [0.15, 0.2) is 0 Å². The van der Waals surface area contributed by atoms with Crippen molar-refractivity contribution >= 4 is 5.82 Å². The molecule has 1 aromatic heterocycles.